The lowest BCUT2D eigenvalue weighted by atomic mass is 10.2. The topological polar surface area (TPSA) is 58.4 Å². The molecule has 2 aliphatic rings. The Morgan fingerprint density at radius 1 is 1.25 bits per heavy atom. The highest BCUT2D eigenvalue weighted by Gasteiger charge is 2.35. The molecule has 0 amide bonds. The van der Waals surface area contributed by atoms with Gasteiger partial charge >= 0.3 is 5.97 Å². The van der Waals surface area contributed by atoms with Crippen LogP contribution < -0.4 is 0 Å². The molecule has 1 aliphatic heterocycles. The third-order valence-corrected chi connectivity index (χ3v) is 4.47. The van der Waals surface area contributed by atoms with Crippen molar-refractivity contribution in [3.05, 3.63) is 30.1 Å². The van der Waals surface area contributed by atoms with Crippen LogP contribution in [-0.4, -0.2) is 44.7 Å². The number of carboxylic acids is 1. The van der Waals surface area contributed by atoms with E-state index in [2.05, 4.69) is 14.5 Å². The van der Waals surface area contributed by atoms with Gasteiger partial charge in [0.05, 0.1) is 22.9 Å². The largest absolute Gasteiger partial charge is 0.478 e. The summed E-state index contributed by atoms with van der Waals surface area (Å²) in [4.78, 5) is 17.9. The highest BCUT2D eigenvalue weighted by atomic mass is 16.4. The van der Waals surface area contributed by atoms with E-state index in [1.54, 1.807) is 12.1 Å². The third-order valence-electron chi connectivity index (χ3n) is 4.47. The summed E-state index contributed by atoms with van der Waals surface area (Å²) < 4.78 is 2.21. The summed E-state index contributed by atoms with van der Waals surface area (Å²) in [6, 6.07) is 6.48. The standard InChI is InChI=1S/C15H17N3O2/c19-15(20)10-1-4-14-13(7-10)16-9-18(14)12-5-6-17(8-12)11-2-3-11/h1,4,7,9,11-12H,2-3,5-6,8H2,(H,19,20). The van der Waals surface area contributed by atoms with Gasteiger partial charge in [0, 0.05) is 25.2 Å². The van der Waals surface area contributed by atoms with Gasteiger partial charge in [-0.25, -0.2) is 9.78 Å². The molecule has 0 bridgehead atoms. The zero-order valence-corrected chi connectivity index (χ0v) is 11.2. The highest BCUT2D eigenvalue weighted by molar-refractivity contribution is 5.92. The zero-order chi connectivity index (χ0) is 13.7. The summed E-state index contributed by atoms with van der Waals surface area (Å²) in [5, 5.41) is 9.02. The Labute approximate surface area is 116 Å². The molecule has 1 aliphatic carbocycles. The Hall–Kier alpha value is -1.88. The minimum atomic E-state index is -0.901. The molecule has 1 saturated heterocycles. The molecule has 2 aromatic rings. The first-order valence-corrected chi connectivity index (χ1v) is 7.16. The number of aromatic carboxylic acids is 1. The number of likely N-dealkylation sites (tertiary alicyclic amines) is 1. The molecule has 20 heavy (non-hydrogen) atoms. The molecule has 2 heterocycles. The number of hydrogen-bond acceptors (Lipinski definition) is 3. The van der Waals surface area contributed by atoms with E-state index in [9.17, 15) is 4.79 Å². The number of carboxylic acid groups (broad SMARTS) is 1. The number of benzene rings is 1. The van der Waals surface area contributed by atoms with Crippen molar-refractivity contribution in [1.82, 2.24) is 14.5 Å². The Morgan fingerprint density at radius 2 is 2.10 bits per heavy atom. The fraction of sp³-hybridized carbons (Fsp3) is 0.467. The molecule has 5 nitrogen and oxygen atoms in total. The summed E-state index contributed by atoms with van der Waals surface area (Å²) in [6.07, 6.45) is 5.71. The summed E-state index contributed by atoms with van der Waals surface area (Å²) in [5.41, 5.74) is 2.11. The average molecular weight is 271 g/mol. The quantitative estimate of drug-likeness (QED) is 0.929. The SMILES string of the molecule is O=C(O)c1ccc2c(c1)ncn2C1CCN(C2CC2)C1. The first-order valence-electron chi connectivity index (χ1n) is 7.16. The van der Waals surface area contributed by atoms with Crippen LogP contribution in [0, 0.1) is 0 Å². The molecule has 0 radical (unpaired) electrons. The van der Waals surface area contributed by atoms with Crippen molar-refractivity contribution in [3.8, 4) is 0 Å². The van der Waals surface area contributed by atoms with Gasteiger partial charge in [-0.2, -0.15) is 0 Å². The molecule has 104 valence electrons. The van der Waals surface area contributed by atoms with Gasteiger partial charge in [-0.3, -0.25) is 4.90 Å². The Kier molecular flexibility index (Phi) is 2.57. The monoisotopic (exact) mass is 271 g/mol. The van der Waals surface area contributed by atoms with Gasteiger partial charge in [0.2, 0.25) is 0 Å². The Morgan fingerprint density at radius 3 is 2.85 bits per heavy atom. The molecule has 1 N–H and O–H groups in total. The maximum atomic E-state index is 11.0. The molecular weight excluding hydrogens is 254 g/mol. The second-order valence-corrected chi connectivity index (χ2v) is 5.83. The molecule has 1 atom stereocenters. The zero-order valence-electron chi connectivity index (χ0n) is 11.2. The number of aromatic nitrogens is 2. The van der Waals surface area contributed by atoms with Gasteiger partial charge in [0.15, 0.2) is 0 Å². The van der Waals surface area contributed by atoms with Crippen molar-refractivity contribution in [2.75, 3.05) is 13.1 Å². The minimum Gasteiger partial charge on any atom is -0.478 e. The predicted molar refractivity (Wildman–Crippen MR) is 74.9 cm³/mol. The van der Waals surface area contributed by atoms with Gasteiger partial charge in [-0.15, -0.1) is 0 Å². The summed E-state index contributed by atoms with van der Waals surface area (Å²) in [7, 11) is 0. The average Bonchev–Trinajstić information content (AvgIpc) is 3.03. The lowest BCUT2D eigenvalue weighted by Gasteiger charge is -2.16. The second kappa shape index (κ2) is 4.31. The van der Waals surface area contributed by atoms with Crippen molar-refractivity contribution in [2.24, 2.45) is 0 Å². The fourth-order valence-corrected chi connectivity index (χ4v) is 3.22. The molecule has 1 aromatic heterocycles. The van der Waals surface area contributed by atoms with Crippen LogP contribution in [0.5, 0.6) is 0 Å². The van der Waals surface area contributed by atoms with E-state index in [0.717, 1.165) is 30.0 Å². The molecular formula is C15H17N3O2. The molecule has 0 spiro atoms. The first-order chi connectivity index (χ1) is 9.72. The lowest BCUT2D eigenvalue weighted by molar-refractivity contribution is 0.0697. The summed E-state index contributed by atoms with van der Waals surface area (Å²) in [5.74, 6) is -0.901. The van der Waals surface area contributed by atoms with Gasteiger partial charge in [-0.1, -0.05) is 0 Å². The molecule has 1 saturated carbocycles. The van der Waals surface area contributed by atoms with Crippen LogP contribution in [0.1, 0.15) is 35.7 Å². The van der Waals surface area contributed by atoms with E-state index < -0.39 is 5.97 Å². The number of fused-ring (bicyclic) bond motifs is 1. The van der Waals surface area contributed by atoms with Crippen molar-refractivity contribution in [2.45, 2.75) is 31.3 Å². The van der Waals surface area contributed by atoms with Crippen LogP contribution in [0.15, 0.2) is 24.5 Å². The van der Waals surface area contributed by atoms with Crippen molar-refractivity contribution in [3.63, 3.8) is 0 Å². The van der Waals surface area contributed by atoms with Gasteiger partial charge < -0.3 is 9.67 Å². The summed E-state index contributed by atoms with van der Waals surface area (Å²) >= 11 is 0. The molecule has 5 heteroatoms. The van der Waals surface area contributed by atoms with Crippen LogP contribution in [0.4, 0.5) is 0 Å². The van der Waals surface area contributed by atoms with Gasteiger partial charge in [0.1, 0.15) is 0 Å². The molecule has 1 aromatic carbocycles. The van der Waals surface area contributed by atoms with Gasteiger partial charge in [-0.05, 0) is 37.5 Å². The number of nitrogens with zero attached hydrogens (tertiary/aromatic N) is 3. The first kappa shape index (κ1) is 11.9. The van der Waals surface area contributed by atoms with E-state index in [0.29, 0.717) is 11.6 Å². The van der Waals surface area contributed by atoms with Crippen LogP contribution >= 0.6 is 0 Å². The lowest BCUT2D eigenvalue weighted by Crippen LogP contribution is -2.23. The second-order valence-electron chi connectivity index (χ2n) is 5.83. The van der Waals surface area contributed by atoms with Crippen LogP contribution in [0.3, 0.4) is 0 Å². The van der Waals surface area contributed by atoms with Crippen LogP contribution in [-0.2, 0) is 0 Å². The molecule has 2 fully saturated rings. The fourth-order valence-electron chi connectivity index (χ4n) is 3.22. The van der Waals surface area contributed by atoms with Gasteiger partial charge in [0.25, 0.3) is 0 Å². The summed E-state index contributed by atoms with van der Waals surface area (Å²) in [6.45, 7) is 2.26. The van der Waals surface area contributed by atoms with Crippen LogP contribution in [0.25, 0.3) is 11.0 Å². The Bertz CT molecular complexity index is 675. The Balaban J connectivity index is 1.65. The third kappa shape index (κ3) is 1.89. The van der Waals surface area contributed by atoms with Crippen molar-refractivity contribution < 1.29 is 9.90 Å². The molecule has 1 unspecified atom stereocenters. The van der Waals surface area contributed by atoms with Crippen molar-refractivity contribution in [1.29, 1.82) is 0 Å². The number of carbonyl (C=O) groups is 1. The maximum Gasteiger partial charge on any atom is 0.335 e. The maximum absolute atomic E-state index is 11.0. The van der Waals surface area contributed by atoms with E-state index >= 15 is 0 Å². The molecule has 4 rings (SSSR count). The number of rotatable bonds is 3. The number of imidazole rings is 1. The predicted octanol–water partition coefficient (Wildman–Crippen LogP) is 2.14. The normalized spacial score (nSPS) is 23.5. The highest BCUT2D eigenvalue weighted by Crippen LogP contribution is 2.34. The van der Waals surface area contributed by atoms with E-state index in [4.69, 9.17) is 5.11 Å². The van der Waals surface area contributed by atoms with Crippen molar-refractivity contribution >= 4 is 17.0 Å². The smallest absolute Gasteiger partial charge is 0.335 e. The van der Waals surface area contributed by atoms with E-state index in [-0.39, 0.29) is 0 Å². The number of hydrogen-bond donors (Lipinski definition) is 1. The van der Waals surface area contributed by atoms with E-state index in [1.807, 2.05) is 12.4 Å². The minimum absolute atomic E-state index is 0.300. The van der Waals surface area contributed by atoms with E-state index in [1.165, 1.54) is 19.4 Å². The van der Waals surface area contributed by atoms with Crippen LogP contribution in [0.2, 0.25) is 0 Å².